The number of hydrogen-bond acceptors (Lipinski definition) is 5. The summed E-state index contributed by atoms with van der Waals surface area (Å²) in [6, 6.07) is 10.4. The van der Waals surface area contributed by atoms with Gasteiger partial charge in [-0.25, -0.2) is 4.98 Å². The molecule has 0 radical (unpaired) electrons. The van der Waals surface area contributed by atoms with Crippen LogP contribution >= 0.6 is 0 Å². The van der Waals surface area contributed by atoms with Crippen molar-refractivity contribution >= 4 is 22.6 Å². The minimum atomic E-state index is 0.0683. The van der Waals surface area contributed by atoms with Gasteiger partial charge in [-0.2, -0.15) is 0 Å². The summed E-state index contributed by atoms with van der Waals surface area (Å²) in [5.74, 6) is 0.979. The summed E-state index contributed by atoms with van der Waals surface area (Å²) in [7, 11) is 0. The van der Waals surface area contributed by atoms with E-state index in [1.807, 2.05) is 12.1 Å². The van der Waals surface area contributed by atoms with Crippen molar-refractivity contribution < 1.29 is 4.79 Å². The van der Waals surface area contributed by atoms with Crippen molar-refractivity contribution in [3.05, 3.63) is 34.6 Å². The summed E-state index contributed by atoms with van der Waals surface area (Å²) < 4.78 is 2.12. The fourth-order valence-electron chi connectivity index (χ4n) is 7.93. The van der Waals surface area contributed by atoms with Crippen LogP contribution in [0.4, 0.5) is 5.82 Å². The molecule has 2 bridgehead atoms. The Kier molecular flexibility index (Phi) is 6.89. The molecule has 1 aromatic heterocycles. The molecule has 4 heterocycles. The zero-order valence-electron chi connectivity index (χ0n) is 21.9. The Morgan fingerprint density at radius 3 is 2.11 bits per heavy atom. The highest BCUT2D eigenvalue weighted by atomic mass is 16.1. The number of anilines is 1. The van der Waals surface area contributed by atoms with Gasteiger partial charge in [0, 0.05) is 43.2 Å². The van der Waals surface area contributed by atoms with Crippen molar-refractivity contribution in [2.45, 2.75) is 115 Å². The van der Waals surface area contributed by atoms with Crippen molar-refractivity contribution in [3.8, 4) is 0 Å². The maximum atomic E-state index is 14.1. The van der Waals surface area contributed by atoms with E-state index in [2.05, 4.69) is 26.5 Å². The number of para-hydroxylation sites is 2. The van der Waals surface area contributed by atoms with Crippen molar-refractivity contribution in [2.75, 3.05) is 18.0 Å². The Morgan fingerprint density at radius 1 is 0.806 bits per heavy atom. The summed E-state index contributed by atoms with van der Waals surface area (Å²) in [5.41, 5.74) is 1.96. The lowest BCUT2D eigenvalue weighted by atomic mass is 9.89. The highest BCUT2D eigenvalue weighted by Gasteiger charge is 2.44. The van der Waals surface area contributed by atoms with Crippen molar-refractivity contribution in [1.29, 1.82) is 0 Å². The number of carbonyl (C=O) groups is 1. The molecule has 0 amide bonds. The number of carbonyl (C=O) groups excluding carboxylic acids is 1. The topological polar surface area (TPSA) is 58.4 Å². The zero-order valence-corrected chi connectivity index (χ0v) is 21.9. The van der Waals surface area contributed by atoms with Gasteiger partial charge in [0.05, 0.1) is 11.0 Å². The van der Waals surface area contributed by atoms with E-state index in [1.165, 1.54) is 57.8 Å². The van der Waals surface area contributed by atoms with E-state index >= 15 is 0 Å². The molecule has 2 aromatic rings. The molecule has 1 aromatic carbocycles. The van der Waals surface area contributed by atoms with E-state index in [9.17, 15) is 9.59 Å². The summed E-state index contributed by atoms with van der Waals surface area (Å²) in [5, 5.41) is 0. The molecule has 3 atom stereocenters. The van der Waals surface area contributed by atoms with Crippen LogP contribution in [0.5, 0.6) is 0 Å². The SMILES string of the molecule is CC(=O)C1CCN(c2nc3ccccc3n(C3C[C@H]4CC[C@@H](C3)N4C3CCCCCCC3)c2=O)CC1. The molecule has 36 heavy (non-hydrogen) atoms. The maximum Gasteiger partial charge on any atom is 0.294 e. The van der Waals surface area contributed by atoms with Gasteiger partial charge in [0.2, 0.25) is 0 Å². The normalized spacial score (nSPS) is 28.8. The molecule has 3 saturated heterocycles. The largest absolute Gasteiger partial charge is 0.352 e. The number of hydrogen-bond donors (Lipinski definition) is 0. The number of Topliss-reactive ketones (excluding diaryl/α,β-unsaturated/α-hetero) is 1. The number of rotatable bonds is 4. The van der Waals surface area contributed by atoms with E-state index in [4.69, 9.17) is 4.98 Å². The van der Waals surface area contributed by atoms with Crippen molar-refractivity contribution in [2.24, 2.45) is 5.92 Å². The number of fused-ring (bicyclic) bond motifs is 3. The van der Waals surface area contributed by atoms with Gasteiger partial charge < -0.3 is 9.47 Å². The molecular weight excluding hydrogens is 448 g/mol. The first-order valence-electron chi connectivity index (χ1n) is 14.6. The van der Waals surface area contributed by atoms with E-state index in [0.29, 0.717) is 17.9 Å². The summed E-state index contributed by atoms with van der Waals surface area (Å²) in [6.45, 7) is 3.16. The monoisotopic (exact) mass is 490 g/mol. The third-order valence-corrected chi connectivity index (χ3v) is 9.77. The highest BCUT2D eigenvalue weighted by Crippen LogP contribution is 2.44. The molecule has 0 N–H and O–H groups in total. The van der Waals surface area contributed by atoms with E-state index in [0.717, 1.165) is 55.8 Å². The first-order valence-corrected chi connectivity index (χ1v) is 14.6. The molecule has 0 spiro atoms. The second-order valence-electron chi connectivity index (χ2n) is 11.9. The lowest BCUT2D eigenvalue weighted by Crippen LogP contribution is -2.50. The van der Waals surface area contributed by atoms with Gasteiger partial charge >= 0.3 is 0 Å². The molecule has 1 aliphatic carbocycles. The van der Waals surface area contributed by atoms with Crippen LogP contribution in [-0.2, 0) is 4.79 Å². The van der Waals surface area contributed by atoms with E-state index < -0.39 is 0 Å². The molecule has 6 rings (SSSR count). The fraction of sp³-hybridized carbons (Fsp3) is 0.700. The van der Waals surface area contributed by atoms with Crippen LogP contribution in [-0.4, -0.2) is 51.4 Å². The predicted octanol–water partition coefficient (Wildman–Crippen LogP) is 5.48. The van der Waals surface area contributed by atoms with Crippen LogP contribution in [0.2, 0.25) is 0 Å². The second-order valence-corrected chi connectivity index (χ2v) is 11.9. The highest BCUT2D eigenvalue weighted by molar-refractivity contribution is 5.79. The lowest BCUT2D eigenvalue weighted by Gasteiger charge is -2.45. The Labute approximate surface area is 215 Å². The van der Waals surface area contributed by atoms with Crippen LogP contribution in [0.3, 0.4) is 0 Å². The van der Waals surface area contributed by atoms with Crippen LogP contribution < -0.4 is 10.5 Å². The number of aromatic nitrogens is 2. The first kappa shape index (κ1) is 24.1. The van der Waals surface area contributed by atoms with Gasteiger partial charge in [-0.05, 0) is 70.4 Å². The zero-order chi connectivity index (χ0) is 24.6. The Hall–Kier alpha value is -2.21. The average Bonchev–Trinajstić information content (AvgIpc) is 3.12. The summed E-state index contributed by atoms with van der Waals surface area (Å²) in [6.07, 6.45) is 16.0. The molecular formula is C30H42N4O2. The fourth-order valence-corrected chi connectivity index (χ4v) is 7.93. The van der Waals surface area contributed by atoms with E-state index in [1.54, 1.807) is 6.92 Å². The molecule has 4 aliphatic rings. The molecule has 1 unspecified atom stereocenters. The van der Waals surface area contributed by atoms with Crippen molar-refractivity contribution in [1.82, 2.24) is 14.5 Å². The smallest absolute Gasteiger partial charge is 0.294 e. The van der Waals surface area contributed by atoms with Gasteiger partial charge in [0.25, 0.3) is 5.56 Å². The number of piperidine rings is 2. The quantitative estimate of drug-likeness (QED) is 0.568. The molecule has 1 saturated carbocycles. The standard InChI is InChI=1S/C30H42N4O2/c1-21(35)22-15-17-32(18-16-22)29-30(36)34(28-12-8-7-11-27(28)31-29)26-19-24-13-14-25(20-26)33(24)23-9-5-3-2-4-6-10-23/h7-8,11-12,22-26H,2-6,9-10,13-20H2,1H3/t24-,25+,26?. The third-order valence-electron chi connectivity index (χ3n) is 9.77. The van der Waals surface area contributed by atoms with E-state index in [-0.39, 0.29) is 23.3 Å². The number of ketones is 1. The van der Waals surface area contributed by atoms with Crippen LogP contribution in [0.25, 0.3) is 11.0 Å². The maximum absolute atomic E-state index is 14.1. The average molecular weight is 491 g/mol. The summed E-state index contributed by atoms with van der Waals surface area (Å²) >= 11 is 0. The van der Waals surface area contributed by atoms with Gasteiger partial charge in [-0.15, -0.1) is 0 Å². The Morgan fingerprint density at radius 2 is 1.44 bits per heavy atom. The minimum Gasteiger partial charge on any atom is -0.352 e. The van der Waals surface area contributed by atoms with Gasteiger partial charge in [-0.1, -0.05) is 44.2 Å². The van der Waals surface area contributed by atoms with Crippen molar-refractivity contribution in [3.63, 3.8) is 0 Å². The molecule has 6 nitrogen and oxygen atoms in total. The molecule has 194 valence electrons. The first-order chi connectivity index (χ1) is 17.6. The molecule has 6 heteroatoms. The van der Waals surface area contributed by atoms with Gasteiger partial charge in [-0.3, -0.25) is 14.5 Å². The summed E-state index contributed by atoms with van der Waals surface area (Å²) in [4.78, 5) is 35.9. The lowest BCUT2D eigenvalue weighted by molar-refractivity contribution is -0.121. The van der Waals surface area contributed by atoms with Gasteiger partial charge in [0.15, 0.2) is 5.82 Å². The van der Waals surface area contributed by atoms with Crippen LogP contribution in [0, 0.1) is 5.92 Å². The van der Waals surface area contributed by atoms with Crippen LogP contribution in [0.1, 0.15) is 96.4 Å². The van der Waals surface area contributed by atoms with Gasteiger partial charge in [0.1, 0.15) is 5.78 Å². The molecule has 4 fully saturated rings. The Balaban J connectivity index is 1.30. The van der Waals surface area contributed by atoms with Crippen LogP contribution in [0.15, 0.2) is 29.1 Å². The molecule has 3 aliphatic heterocycles. The third kappa shape index (κ3) is 4.51. The number of nitrogens with zero attached hydrogens (tertiary/aromatic N) is 4. The predicted molar refractivity (Wildman–Crippen MR) is 145 cm³/mol. The second kappa shape index (κ2) is 10.3. The number of benzene rings is 1. The Bertz CT molecular complexity index is 1130. The minimum absolute atomic E-state index is 0.0683.